The molecule has 0 bridgehead atoms. The number of aromatic nitrogens is 1. The standard InChI is InChI=1S/C23H21BrN2O3/c1-28-21-13-18(9-10-22(27)26-15-19-8-5-11-25-14-19)12-20(24)23(21)29-16-17-6-3-2-4-7-17/h2-14H,15-16H2,1H3,(H,26,27). The Bertz CT molecular complexity index is 976. The molecule has 0 spiro atoms. The number of rotatable bonds is 8. The summed E-state index contributed by atoms with van der Waals surface area (Å²) in [6.07, 6.45) is 6.64. The van der Waals surface area contributed by atoms with Crippen molar-refractivity contribution in [1.82, 2.24) is 10.3 Å². The Hall–Kier alpha value is -3.12. The van der Waals surface area contributed by atoms with E-state index in [4.69, 9.17) is 9.47 Å². The summed E-state index contributed by atoms with van der Waals surface area (Å²) in [5, 5.41) is 2.83. The fourth-order valence-electron chi connectivity index (χ4n) is 2.63. The number of carbonyl (C=O) groups excluding carboxylic acids is 1. The SMILES string of the molecule is COc1cc(C=CC(=O)NCc2cccnc2)cc(Br)c1OCc1ccccc1. The average molecular weight is 453 g/mol. The summed E-state index contributed by atoms with van der Waals surface area (Å²) in [4.78, 5) is 16.1. The minimum Gasteiger partial charge on any atom is -0.493 e. The van der Waals surface area contributed by atoms with Crippen LogP contribution in [-0.4, -0.2) is 18.0 Å². The summed E-state index contributed by atoms with van der Waals surface area (Å²) >= 11 is 3.53. The highest BCUT2D eigenvalue weighted by Crippen LogP contribution is 2.37. The van der Waals surface area contributed by atoms with Gasteiger partial charge >= 0.3 is 0 Å². The largest absolute Gasteiger partial charge is 0.493 e. The van der Waals surface area contributed by atoms with Crippen molar-refractivity contribution in [1.29, 1.82) is 0 Å². The molecule has 1 aromatic heterocycles. The molecule has 1 heterocycles. The maximum Gasteiger partial charge on any atom is 0.244 e. The fraction of sp³-hybridized carbons (Fsp3) is 0.130. The number of amides is 1. The van der Waals surface area contributed by atoms with Gasteiger partial charge in [0.25, 0.3) is 0 Å². The first kappa shape index (κ1) is 20.6. The van der Waals surface area contributed by atoms with Crippen LogP contribution in [0.15, 0.2) is 77.5 Å². The highest BCUT2D eigenvalue weighted by molar-refractivity contribution is 9.10. The maximum atomic E-state index is 12.1. The fourth-order valence-corrected chi connectivity index (χ4v) is 3.20. The van der Waals surface area contributed by atoms with E-state index in [0.717, 1.165) is 21.2 Å². The zero-order chi connectivity index (χ0) is 20.5. The van der Waals surface area contributed by atoms with Gasteiger partial charge < -0.3 is 14.8 Å². The second kappa shape index (κ2) is 10.4. The van der Waals surface area contributed by atoms with E-state index in [9.17, 15) is 4.79 Å². The molecule has 0 fully saturated rings. The highest BCUT2D eigenvalue weighted by atomic mass is 79.9. The number of pyridine rings is 1. The van der Waals surface area contributed by atoms with Gasteiger partial charge in [-0.25, -0.2) is 0 Å². The van der Waals surface area contributed by atoms with Crippen LogP contribution >= 0.6 is 15.9 Å². The first-order valence-electron chi connectivity index (χ1n) is 9.05. The number of carbonyl (C=O) groups is 1. The maximum absolute atomic E-state index is 12.1. The number of methoxy groups -OCH3 is 1. The van der Waals surface area contributed by atoms with E-state index in [1.165, 1.54) is 6.08 Å². The molecule has 6 heteroatoms. The number of hydrogen-bond acceptors (Lipinski definition) is 4. The summed E-state index contributed by atoms with van der Waals surface area (Å²) in [5.41, 5.74) is 2.83. The lowest BCUT2D eigenvalue weighted by atomic mass is 10.2. The van der Waals surface area contributed by atoms with Crippen LogP contribution in [0.2, 0.25) is 0 Å². The van der Waals surface area contributed by atoms with Crippen LogP contribution < -0.4 is 14.8 Å². The van der Waals surface area contributed by atoms with Crippen LogP contribution in [0.5, 0.6) is 11.5 Å². The normalized spacial score (nSPS) is 10.7. The minimum atomic E-state index is -0.187. The van der Waals surface area contributed by atoms with Gasteiger partial charge in [-0.3, -0.25) is 9.78 Å². The predicted molar refractivity (Wildman–Crippen MR) is 117 cm³/mol. The topological polar surface area (TPSA) is 60.5 Å². The van der Waals surface area contributed by atoms with E-state index >= 15 is 0 Å². The van der Waals surface area contributed by atoms with E-state index < -0.39 is 0 Å². The van der Waals surface area contributed by atoms with Gasteiger partial charge in [0, 0.05) is 25.0 Å². The molecule has 148 valence electrons. The highest BCUT2D eigenvalue weighted by Gasteiger charge is 2.11. The Morgan fingerprint density at radius 1 is 1.14 bits per heavy atom. The van der Waals surface area contributed by atoms with Crippen LogP contribution in [0.3, 0.4) is 0 Å². The van der Waals surface area contributed by atoms with Gasteiger partial charge in [-0.2, -0.15) is 0 Å². The van der Waals surface area contributed by atoms with Crippen LogP contribution in [0.4, 0.5) is 0 Å². The van der Waals surface area contributed by atoms with Crippen LogP contribution in [0, 0.1) is 0 Å². The van der Waals surface area contributed by atoms with Gasteiger partial charge in [0.1, 0.15) is 6.61 Å². The summed E-state index contributed by atoms with van der Waals surface area (Å²) < 4.78 is 12.2. The van der Waals surface area contributed by atoms with Crippen molar-refractivity contribution in [2.45, 2.75) is 13.2 Å². The molecule has 0 aliphatic carbocycles. The molecule has 1 amide bonds. The van der Waals surface area contributed by atoms with Crippen molar-refractivity contribution < 1.29 is 14.3 Å². The average Bonchev–Trinajstić information content (AvgIpc) is 2.76. The number of ether oxygens (including phenoxy) is 2. The number of nitrogens with zero attached hydrogens (tertiary/aromatic N) is 1. The van der Waals surface area contributed by atoms with Crippen molar-refractivity contribution in [2.24, 2.45) is 0 Å². The van der Waals surface area contributed by atoms with Crippen LogP contribution in [-0.2, 0) is 17.9 Å². The molecule has 0 radical (unpaired) electrons. The van der Waals surface area contributed by atoms with Crippen LogP contribution in [0.1, 0.15) is 16.7 Å². The molecular formula is C23H21BrN2O3. The number of nitrogens with one attached hydrogen (secondary N) is 1. The zero-order valence-electron chi connectivity index (χ0n) is 16.0. The third-order valence-corrected chi connectivity index (χ3v) is 4.68. The molecule has 0 unspecified atom stereocenters. The second-order valence-electron chi connectivity index (χ2n) is 6.22. The zero-order valence-corrected chi connectivity index (χ0v) is 17.6. The van der Waals surface area contributed by atoms with E-state index in [1.54, 1.807) is 25.6 Å². The number of halogens is 1. The first-order valence-corrected chi connectivity index (χ1v) is 9.84. The van der Waals surface area contributed by atoms with E-state index in [1.807, 2.05) is 54.6 Å². The smallest absolute Gasteiger partial charge is 0.244 e. The Morgan fingerprint density at radius 3 is 2.66 bits per heavy atom. The molecule has 2 aromatic carbocycles. The van der Waals surface area contributed by atoms with Crippen molar-refractivity contribution in [3.05, 3.63) is 94.2 Å². The monoisotopic (exact) mass is 452 g/mol. The Labute approximate surface area is 178 Å². The van der Waals surface area contributed by atoms with Gasteiger partial charge in [0.05, 0.1) is 11.6 Å². The summed E-state index contributed by atoms with van der Waals surface area (Å²) in [7, 11) is 1.59. The molecule has 0 aliphatic heterocycles. The molecule has 1 N–H and O–H groups in total. The predicted octanol–water partition coefficient (Wildman–Crippen LogP) is 4.76. The second-order valence-corrected chi connectivity index (χ2v) is 7.08. The lowest BCUT2D eigenvalue weighted by molar-refractivity contribution is -0.116. The third-order valence-electron chi connectivity index (χ3n) is 4.09. The van der Waals surface area contributed by atoms with Crippen molar-refractivity contribution in [2.75, 3.05) is 7.11 Å². The molecule has 29 heavy (non-hydrogen) atoms. The van der Waals surface area contributed by atoms with Gasteiger partial charge in [0.2, 0.25) is 5.91 Å². The first-order chi connectivity index (χ1) is 14.2. The summed E-state index contributed by atoms with van der Waals surface area (Å²) in [6, 6.07) is 17.4. The van der Waals surface area contributed by atoms with Gasteiger partial charge in [-0.1, -0.05) is 36.4 Å². The van der Waals surface area contributed by atoms with Gasteiger partial charge in [-0.05, 0) is 56.9 Å². The lowest BCUT2D eigenvalue weighted by Gasteiger charge is -2.13. The Balaban J connectivity index is 1.64. The minimum absolute atomic E-state index is 0.187. The Morgan fingerprint density at radius 2 is 1.93 bits per heavy atom. The van der Waals surface area contributed by atoms with Crippen molar-refractivity contribution in [3.63, 3.8) is 0 Å². The number of hydrogen-bond donors (Lipinski definition) is 1. The molecule has 0 saturated carbocycles. The number of benzene rings is 2. The Kier molecular flexibility index (Phi) is 7.41. The van der Waals surface area contributed by atoms with Crippen molar-refractivity contribution >= 4 is 27.9 Å². The van der Waals surface area contributed by atoms with Gasteiger partial charge in [0.15, 0.2) is 11.5 Å². The molecular weight excluding hydrogens is 432 g/mol. The van der Waals surface area contributed by atoms with E-state index in [-0.39, 0.29) is 5.91 Å². The van der Waals surface area contributed by atoms with Crippen LogP contribution in [0.25, 0.3) is 6.08 Å². The molecule has 3 aromatic rings. The molecule has 5 nitrogen and oxygen atoms in total. The molecule has 0 atom stereocenters. The van der Waals surface area contributed by atoms with Crippen molar-refractivity contribution in [3.8, 4) is 11.5 Å². The van der Waals surface area contributed by atoms with Gasteiger partial charge in [-0.15, -0.1) is 0 Å². The lowest BCUT2D eigenvalue weighted by Crippen LogP contribution is -2.20. The molecule has 3 rings (SSSR count). The molecule has 0 aliphatic rings. The quantitative estimate of drug-likeness (QED) is 0.500. The van der Waals surface area contributed by atoms with E-state index in [2.05, 4.69) is 26.2 Å². The van der Waals surface area contributed by atoms with E-state index in [0.29, 0.717) is 24.7 Å². The summed E-state index contributed by atoms with van der Waals surface area (Å²) in [6.45, 7) is 0.859. The summed E-state index contributed by atoms with van der Waals surface area (Å²) in [5.74, 6) is 1.02. The third kappa shape index (κ3) is 6.19. The molecule has 0 saturated heterocycles.